The summed E-state index contributed by atoms with van der Waals surface area (Å²) in [6.07, 6.45) is 1.58. The molecule has 0 aromatic heterocycles. The lowest BCUT2D eigenvalue weighted by atomic mass is 10.7. The number of rotatable bonds is 2. The average molecular weight is 153 g/mol. The number of halogens is 1. The minimum absolute atomic E-state index is 0.0694. The molecule has 5 heteroatoms. The van der Waals surface area contributed by atoms with Crippen molar-refractivity contribution in [3.63, 3.8) is 0 Å². The Hall–Kier alpha value is -0.160. The zero-order chi connectivity index (χ0) is 7.07. The molecule has 1 aliphatic rings. The molecule has 54 valence electrons. The van der Waals surface area contributed by atoms with E-state index < -0.39 is 10.4 Å². The van der Waals surface area contributed by atoms with E-state index in [4.69, 9.17) is 0 Å². The van der Waals surface area contributed by atoms with Crippen molar-refractivity contribution < 1.29 is 12.3 Å². The summed E-state index contributed by atoms with van der Waals surface area (Å²) >= 11 is 0. The molecule has 0 saturated heterocycles. The summed E-state index contributed by atoms with van der Waals surface area (Å²) in [4.78, 5) is 0. The van der Waals surface area contributed by atoms with Crippen LogP contribution in [0.3, 0.4) is 0 Å². The highest BCUT2D eigenvalue weighted by atomic mass is 32.3. The van der Waals surface area contributed by atoms with Crippen LogP contribution in [0.2, 0.25) is 0 Å². The van der Waals surface area contributed by atoms with Crippen molar-refractivity contribution in [2.45, 2.75) is 18.9 Å². The minimum atomic E-state index is -4.41. The first-order valence-electron chi connectivity index (χ1n) is 2.69. The van der Waals surface area contributed by atoms with Crippen molar-refractivity contribution in [3.05, 3.63) is 0 Å². The molecule has 0 unspecified atom stereocenters. The maximum absolute atomic E-state index is 12.0. The predicted octanol–water partition coefficient (Wildman–Crippen LogP) is 0.295. The number of hydrogen-bond donors (Lipinski definition) is 0. The van der Waals surface area contributed by atoms with Crippen LogP contribution in [-0.2, 0) is 10.4 Å². The summed E-state index contributed by atoms with van der Waals surface area (Å²) < 4.78 is 32.9. The van der Waals surface area contributed by atoms with Gasteiger partial charge in [-0.05, 0) is 12.8 Å². The van der Waals surface area contributed by atoms with Gasteiger partial charge in [0, 0.05) is 13.1 Å². The molecular formula is C4H8FNO2S. The third-order valence-corrected chi connectivity index (χ3v) is 2.39. The van der Waals surface area contributed by atoms with Crippen molar-refractivity contribution in [1.82, 2.24) is 4.31 Å². The van der Waals surface area contributed by atoms with Crippen molar-refractivity contribution in [2.75, 3.05) is 7.05 Å². The van der Waals surface area contributed by atoms with Crippen LogP contribution in [0, 0.1) is 0 Å². The molecular weight excluding hydrogens is 145 g/mol. The molecule has 3 nitrogen and oxygen atoms in total. The fraction of sp³-hybridized carbons (Fsp3) is 1.00. The first kappa shape index (κ1) is 6.95. The van der Waals surface area contributed by atoms with E-state index >= 15 is 0 Å². The van der Waals surface area contributed by atoms with E-state index in [0.717, 1.165) is 17.1 Å². The van der Waals surface area contributed by atoms with Crippen LogP contribution in [0.4, 0.5) is 3.89 Å². The Morgan fingerprint density at radius 1 is 1.56 bits per heavy atom. The van der Waals surface area contributed by atoms with E-state index in [9.17, 15) is 12.3 Å². The summed E-state index contributed by atoms with van der Waals surface area (Å²) in [6.45, 7) is 0. The maximum atomic E-state index is 12.0. The zero-order valence-corrected chi connectivity index (χ0v) is 5.86. The van der Waals surface area contributed by atoms with Gasteiger partial charge in [-0.1, -0.05) is 3.89 Å². The third kappa shape index (κ3) is 1.62. The molecule has 0 N–H and O–H groups in total. The molecule has 0 aromatic rings. The molecule has 1 fully saturated rings. The maximum Gasteiger partial charge on any atom is 0.374 e. The van der Waals surface area contributed by atoms with E-state index in [-0.39, 0.29) is 6.04 Å². The summed E-state index contributed by atoms with van der Waals surface area (Å²) in [6, 6.07) is -0.0694. The number of nitrogens with zero attached hydrogens (tertiary/aromatic N) is 1. The van der Waals surface area contributed by atoms with Gasteiger partial charge in [0.25, 0.3) is 0 Å². The van der Waals surface area contributed by atoms with Gasteiger partial charge in [0.1, 0.15) is 0 Å². The Morgan fingerprint density at radius 3 is 2.11 bits per heavy atom. The van der Waals surface area contributed by atoms with Gasteiger partial charge in [0.15, 0.2) is 0 Å². The van der Waals surface area contributed by atoms with E-state index in [2.05, 4.69) is 0 Å². The molecule has 0 heterocycles. The largest absolute Gasteiger partial charge is 0.374 e. The first-order valence-corrected chi connectivity index (χ1v) is 4.03. The Labute approximate surface area is 53.8 Å². The van der Waals surface area contributed by atoms with Crippen LogP contribution < -0.4 is 0 Å². The van der Waals surface area contributed by atoms with E-state index in [1.54, 1.807) is 0 Å². The summed E-state index contributed by atoms with van der Waals surface area (Å²) in [7, 11) is -3.15. The lowest BCUT2D eigenvalue weighted by molar-refractivity contribution is 0.427. The molecule has 1 aliphatic carbocycles. The molecule has 0 spiro atoms. The molecule has 0 amide bonds. The van der Waals surface area contributed by atoms with Crippen molar-refractivity contribution in [1.29, 1.82) is 0 Å². The van der Waals surface area contributed by atoms with Gasteiger partial charge in [-0.25, -0.2) is 0 Å². The lowest BCUT2D eigenvalue weighted by Gasteiger charge is -2.07. The van der Waals surface area contributed by atoms with Crippen LogP contribution in [0.15, 0.2) is 0 Å². The van der Waals surface area contributed by atoms with Gasteiger partial charge >= 0.3 is 10.4 Å². The molecule has 1 rings (SSSR count). The summed E-state index contributed by atoms with van der Waals surface area (Å²) in [5.41, 5.74) is 0. The average Bonchev–Trinajstić information content (AvgIpc) is 2.40. The monoisotopic (exact) mass is 153 g/mol. The van der Waals surface area contributed by atoms with Crippen LogP contribution in [0.1, 0.15) is 12.8 Å². The zero-order valence-electron chi connectivity index (χ0n) is 5.04. The van der Waals surface area contributed by atoms with Crippen LogP contribution in [0.25, 0.3) is 0 Å². The second-order valence-corrected chi connectivity index (χ2v) is 3.59. The van der Waals surface area contributed by atoms with Gasteiger partial charge in [0.2, 0.25) is 0 Å². The Balaban J connectivity index is 2.61. The first-order chi connectivity index (χ1) is 4.02. The van der Waals surface area contributed by atoms with Gasteiger partial charge in [-0.15, -0.1) is 0 Å². The molecule has 0 bridgehead atoms. The van der Waals surface area contributed by atoms with Crippen LogP contribution in [-0.4, -0.2) is 25.8 Å². The minimum Gasteiger partial charge on any atom is -0.177 e. The Bertz CT molecular complexity index is 197. The van der Waals surface area contributed by atoms with Crippen LogP contribution in [0.5, 0.6) is 0 Å². The fourth-order valence-electron chi connectivity index (χ4n) is 0.616. The van der Waals surface area contributed by atoms with Crippen LogP contribution >= 0.6 is 0 Å². The van der Waals surface area contributed by atoms with Crippen molar-refractivity contribution >= 4 is 10.4 Å². The third-order valence-electron chi connectivity index (χ3n) is 1.41. The topological polar surface area (TPSA) is 37.4 Å². The smallest absolute Gasteiger partial charge is 0.177 e. The normalized spacial score (nSPS) is 20.8. The van der Waals surface area contributed by atoms with Gasteiger partial charge in [-0.3, -0.25) is 0 Å². The molecule has 0 aromatic carbocycles. The van der Waals surface area contributed by atoms with E-state index in [1.807, 2.05) is 0 Å². The van der Waals surface area contributed by atoms with Gasteiger partial charge in [0.05, 0.1) is 0 Å². The Kier molecular flexibility index (Phi) is 1.48. The SMILES string of the molecule is CN(C1CC1)S(=O)(=O)F. The van der Waals surface area contributed by atoms with E-state index in [0.29, 0.717) is 0 Å². The summed E-state index contributed by atoms with van der Waals surface area (Å²) in [5.74, 6) is 0. The number of hydrogen-bond acceptors (Lipinski definition) is 2. The summed E-state index contributed by atoms with van der Waals surface area (Å²) in [5, 5.41) is 0. The quantitative estimate of drug-likeness (QED) is 0.535. The highest BCUT2D eigenvalue weighted by Crippen LogP contribution is 2.27. The second-order valence-electron chi connectivity index (χ2n) is 2.19. The van der Waals surface area contributed by atoms with Crippen molar-refractivity contribution in [3.8, 4) is 0 Å². The van der Waals surface area contributed by atoms with Crippen molar-refractivity contribution in [2.24, 2.45) is 0 Å². The van der Waals surface area contributed by atoms with Gasteiger partial charge < -0.3 is 0 Å². The lowest BCUT2D eigenvalue weighted by Crippen LogP contribution is -2.24. The predicted molar refractivity (Wildman–Crippen MR) is 30.8 cm³/mol. The molecule has 0 aliphatic heterocycles. The molecule has 0 radical (unpaired) electrons. The van der Waals surface area contributed by atoms with E-state index in [1.165, 1.54) is 7.05 Å². The highest BCUT2D eigenvalue weighted by Gasteiger charge is 2.33. The second kappa shape index (κ2) is 1.91. The Morgan fingerprint density at radius 2 is 2.00 bits per heavy atom. The molecule has 1 saturated carbocycles. The standard InChI is InChI=1S/C4H8FNO2S/c1-6(4-2-3-4)9(5,7)8/h4H,2-3H2,1H3. The molecule has 0 atom stereocenters. The van der Waals surface area contributed by atoms with Gasteiger partial charge in [-0.2, -0.15) is 12.7 Å². The highest BCUT2D eigenvalue weighted by molar-refractivity contribution is 7.83. The fourth-order valence-corrected chi connectivity index (χ4v) is 1.18. The molecule has 9 heavy (non-hydrogen) atoms.